The largest absolute Gasteiger partial charge is 0.508 e. The van der Waals surface area contributed by atoms with E-state index >= 15 is 0 Å². The van der Waals surface area contributed by atoms with E-state index in [9.17, 15) is 5.11 Å². The van der Waals surface area contributed by atoms with Crippen LogP contribution in [-0.4, -0.2) is 16.8 Å². The van der Waals surface area contributed by atoms with Crippen LogP contribution >= 0.6 is 12.2 Å². The van der Waals surface area contributed by atoms with Crippen molar-refractivity contribution in [3.63, 3.8) is 0 Å². The van der Waals surface area contributed by atoms with E-state index in [-0.39, 0.29) is 5.75 Å². The number of rotatable bonds is 7. The van der Waals surface area contributed by atoms with Crippen LogP contribution in [0, 0.1) is 0 Å². The topological polar surface area (TPSA) is 44.7 Å². The summed E-state index contributed by atoms with van der Waals surface area (Å²) < 4.78 is 5.54. The van der Waals surface area contributed by atoms with Crippen LogP contribution in [0.15, 0.2) is 78.9 Å². The third-order valence-electron chi connectivity index (χ3n) is 4.31. The van der Waals surface area contributed by atoms with Crippen LogP contribution in [0.1, 0.15) is 18.1 Å². The Balaban J connectivity index is 1.80. The maximum Gasteiger partial charge on any atom is 0.174 e. The minimum atomic E-state index is 0.254. The van der Waals surface area contributed by atoms with Gasteiger partial charge in [-0.15, -0.1) is 0 Å². The SMILES string of the molecule is CCOc1ccc(N(Cc2ccccc2O)C(=S)NCc2ccccc2)cc1. The molecular weight excluding hydrogens is 368 g/mol. The highest BCUT2D eigenvalue weighted by Crippen LogP contribution is 2.25. The molecule has 28 heavy (non-hydrogen) atoms. The fourth-order valence-electron chi connectivity index (χ4n) is 2.85. The summed E-state index contributed by atoms with van der Waals surface area (Å²) in [6.45, 7) is 3.67. The second-order valence-electron chi connectivity index (χ2n) is 6.29. The second kappa shape index (κ2) is 9.76. The Labute approximate surface area is 171 Å². The Morgan fingerprint density at radius 1 is 0.964 bits per heavy atom. The lowest BCUT2D eigenvalue weighted by Crippen LogP contribution is -2.39. The van der Waals surface area contributed by atoms with Crippen LogP contribution in [0.25, 0.3) is 0 Å². The highest BCUT2D eigenvalue weighted by Gasteiger charge is 2.15. The molecule has 0 spiro atoms. The molecule has 2 N–H and O–H groups in total. The number of nitrogens with zero attached hydrogens (tertiary/aromatic N) is 1. The van der Waals surface area contributed by atoms with Gasteiger partial charge < -0.3 is 20.1 Å². The van der Waals surface area contributed by atoms with Crippen molar-refractivity contribution < 1.29 is 9.84 Å². The number of thiocarbonyl (C=S) groups is 1. The van der Waals surface area contributed by atoms with E-state index in [1.807, 2.05) is 72.5 Å². The maximum atomic E-state index is 10.2. The molecule has 0 fully saturated rings. The molecule has 3 rings (SSSR count). The fraction of sp³-hybridized carbons (Fsp3) is 0.174. The first-order valence-corrected chi connectivity index (χ1v) is 9.67. The van der Waals surface area contributed by atoms with Gasteiger partial charge in [0.15, 0.2) is 5.11 Å². The molecule has 3 aromatic carbocycles. The molecule has 0 saturated heterocycles. The molecule has 0 bridgehead atoms. The van der Waals surface area contributed by atoms with Crippen LogP contribution in [0.2, 0.25) is 0 Å². The lowest BCUT2D eigenvalue weighted by molar-refractivity contribution is 0.340. The number of aromatic hydroxyl groups is 1. The normalized spacial score (nSPS) is 10.3. The number of para-hydroxylation sites is 1. The first-order chi connectivity index (χ1) is 13.7. The monoisotopic (exact) mass is 392 g/mol. The number of benzene rings is 3. The summed E-state index contributed by atoms with van der Waals surface area (Å²) in [6, 6.07) is 25.2. The summed E-state index contributed by atoms with van der Waals surface area (Å²) >= 11 is 5.69. The Morgan fingerprint density at radius 2 is 1.64 bits per heavy atom. The molecule has 0 unspecified atom stereocenters. The van der Waals surface area contributed by atoms with Gasteiger partial charge in [-0.05, 0) is 55.0 Å². The van der Waals surface area contributed by atoms with Crippen LogP contribution in [-0.2, 0) is 13.1 Å². The quantitative estimate of drug-likeness (QED) is 0.562. The molecule has 144 valence electrons. The number of phenolic OH excluding ortho intramolecular Hbond substituents is 1. The van der Waals surface area contributed by atoms with Gasteiger partial charge in [0, 0.05) is 17.8 Å². The first-order valence-electron chi connectivity index (χ1n) is 9.26. The molecule has 0 aliphatic heterocycles. The molecule has 0 aliphatic rings. The predicted molar refractivity (Wildman–Crippen MR) is 118 cm³/mol. The second-order valence-corrected chi connectivity index (χ2v) is 6.67. The fourth-order valence-corrected chi connectivity index (χ4v) is 3.10. The molecule has 4 nitrogen and oxygen atoms in total. The van der Waals surface area contributed by atoms with Gasteiger partial charge in [-0.1, -0.05) is 48.5 Å². The molecule has 0 heterocycles. The number of anilines is 1. The van der Waals surface area contributed by atoms with E-state index < -0.39 is 0 Å². The van der Waals surface area contributed by atoms with Crippen LogP contribution in [0.5, 0.6) is 11.5 Å². The number of nitrogens with one attached hydrogen (secondary N) is 1. The van der Waals surface area contributed by atoms with E-state index in [1.165, 1.54) is 0 Å². The van der Waals surface area contributed by atoms with Crippen molar-refractivity contribution in [1.82, 2.24) is 5.32 Å². The van der Waals surface area contributed by atoms with E-state index in [1.54, 1.807) is 6.07 Å². The first kappa shape index (κ1) is 19.7. The van der Waals surface area contributed by atoms with Crippen LogP contribution < -0.4 is 15.0 Å². The standard InChI is InChI=1S/C23H24N2O2S/c1-2-27-21-14-12-20(13-15-21)25(17-19-10-6-7-11-22(19)26)23(28)24-16-18-8-4-3-5-9-18/h3-15,26H,2,16-17H2,1H3,(H,24,28). The average molecular weight is 393 g/mol. The maximum absolute atomic E-state index is 10.2. The number of ether oxygens (including phenoxy) is 1. The molecule has 0 saturated carbocycles. The highest BCUT2D eigenvalue weighted by molar-refractivity contribution is 7.80. The molecule has 0 aromatic heterocycles. The van der Waals surface area contributed by atoms with Crippen LogP contribution in [0.3, 0.4) is 0 Å². The number of phenols is 1. The minimum absolute atomic E-state index is 0.254. The summed E-state index contributed by atoms with van der Waals surface area (Å²) in [5.41, 5.74) is 2.89. The highest BCUT2D eigenvalue weighted by atomic mass is 32.1. The number of hydrogen-bond donors (Lipinski definition) is 2. The Kier molecular flexibility index (Phi) is 6.87. The lowest BCUT2D eigenvalue weighted by atomic mass is 10.1. The zero-order valence-corrected chi connectivity index (χ0v) is 16.7. The van der Waals surface area contributed by atoms with Gasteiger partial charge in [0.25, 0.3) is 0 Å². The van der Waals surface area contributed by atoms with Gasteiger partial charge in [0.05, 0.1) is 13.2 Å². The van der Waals surface area contributed by atoms with Crippen molar-refractivity contribution in [2.45, 2.75) is 20.0 Å². The van der Waals surface area contributed by atoms with Gasteiger partial charge >= 0.3 is 0 Å². The summed E-state index contributed by atoms with van der Waals surface area (Å²) in [4.78, 5) is 1.98. The van der Waals surface area contributed by atoms with Crippen molar-refractivity contribution in [2.75, 3.05) is 11.5 Å². The molecule has 3 aromatic rings. The average Bonchev–Trinajstić information content (AvgIpc) is 2.73. The number of hydrogen-bond acceptors (Lipinski definition) is 3. The third-order valence-corrected chi connectivity index (χ3v) is 4.68. The lowest BCUT2D eigenvalue weighted by Gasteiger charge is -2.27. The smallest absolute Gasteiger partial charge is 0.174 e. The summed E-state index contributed by atoms with van der Waals surface area (Å²) in [5, 5.41) is 14.1. The Hall–Kier alpha value is -3.05. The zero-order valence-electron chi connectivity index (χ0n) is 15.8. The Bertz CT molecular complexity index is 898. The van der Waals surface area contributed by atoms with Crippen molar-refractivity contribution in [3.05, 3.63) is 90.0 Å². The molecule has 0 amide bonds. The minimum Gasteiger partial charge on any atom is -0.508 e. The predicted octanol–water partition coefficient (Wildman–Crippen LogP) is 4.87. The molecule has 5 heteroatoms. The van der Waals surface area contributed by atoms with Gasteiger partial charge in [-0.3, -0.25) is 0 Å². The summed E-state index contributed by atoms with van der Waals surface area (Å²) in [7, 11) is 0. The van der Waals surface area contributed by atoms with Gasteiger partial charge in [0.2, 0.25) is 0 Å². The summed E-state index contributed by atoms with van der Waals surface area (Å²) in [5.74, 6) is 1.07. The molecule has 0 radical (unpaired) electrons. The molecule has 0 aliphatic carbocycles. The van der Waals surface area contributed by atoms with Crippen molar-refractivity contribution >= 4 is 23.0 Å². The van der Waals surface area contributed by atoms with Crippen LogP contribution in [0.4, 0.5) is 5.69 Å². The Morgan fingerprint density at radius 3 is 2.32 bits per heavy atom. The van der Waals surface area contributed by atoms with E-state index in [2.05, 4.69) is 17.4 Å². The van der Waals surface area contributed by atoms with Gasteiger partial charge in [-0.2, -0.15) is 0 Å². The van der Waals surface area contributed by atoms with Gasteiger partial charge in [0.1, 0.15) is 11.5 Å². The van der Waals surface area contributed by atoms with Crippen molar-refractivity contribution in [3.8, 4) is 11.5 Å². The van der Waals surface area contributed by atoms with E-state index in [4.69, 9.17) is 17.0 Å². The van der Waals surface area contributed by atoms with Gasteiger partial charge in [-0.25, -0.2) is 0 Å². The van der Waals surface area contributed by atoms with E-state index in [0.717, 1.165) is 22.6 Å². The zero-order chi connectivity index (χ0) is 19.8. The van der Waals surface area contributed by atoms with Crippen molar-refractivity contribution in [2.24, 2.45) is 0 Å². The van der Waals surface area contributed by atoms with Crippen molar-refractivity contribution in [1.29, 1.82) is 0 Å². The third kappa shape index (κ3) is 5.24. The summed E-state index contributed by atoms with van der Waals surface area (Å²) in [6.07, 6.45) is 0. The molecular formula is C23H24N2O2S. The van der Waals surface area contributed by atoms with E-state index in [0.29, 0.717) is 24.8 Å². The molecule has 0 atom stereocenters.